The summed E-state index contributed by atoms with van der Waals surface area (Å²) in [5.41, 5.74) is 1.22. The van der Waals surface area contributed by atoms with E-state index >= 15 is 0 Å². The normalized spacial score (nSPS) is 20.4. The summed E-state index contributed by atoms with van der Waals surface area (Å²) >= 11 is 1.39. The van der Waals surface area contributed by atoms with E-state index in [0.29, 0.717) is 22.0 Å². The van der Waals surface area contributed by atoms with E-state index in [-0.39, 0.29) is 17.9 Å². The Balaban J connectivity index is 1.66. The lowest BCUT2D eigenvalue weighted by Gasteiger charge is -2.29. The summed E-state index contributed by atoms with van der Waals surface area (Å²) in [5.74, 6) is 0.300. The zero-order chi connectivity index (χ0) is 16.9. The quantitative estimate of drug-likeness (QED) is 0.870. The average Bonchev–Trinajstić information content (AvgIpc) is 3.12. The molecule has 1 aliphatic carbocycles. The van der Waals surface area contributed by atoms with Crippen LogP contribution in [-0.2, 0) is 0 Å². The molecular formula is C19H22N2O2S. The molecule has 3 rings (SSSR count). The number of rotatable bonds is 4. The molecule has 2 amide bonds. The lowest BCUT2D eigenvalue weighted by molar-refractivity contribution is 0.0909. The van der Waals surface area contributed by atoms with E-state index in [1.807, 2.05) is 11.4 Å². The van der Waals surface area contributed by atoms with Crippen molar-refractivity contribution in [2.24, 2.45) is 5.92 Å². The molecule has 0 unspecified atom stereocenters. The van der Waals surface area contributed by atoms with Crippen molar-refractivity contribution in [1.82, 2.24) is 5.32 Å². The number of amides is 2. The molecule has 1 aromatic heterocycles. The molecule has 0 bridgehead atoms. The molecule has 126 valence electrons. The Kier molecular flexibility index (Phi) is 5.30. The second kappa shape index (κ2) is 7.62. The van der Waals surface area contributed by atoms with Gasteiger partial charge in [0.05, 0.1) is 4.88 Å². The third-order valence-electron chi connectivity index (χ3n) is 4.56. The van der Waals surface area contributed by atoms with Gasteiger partial charge in [0.15, 0.2) is 0 Å². The van der Waals surface area contributed by atoms with Crippen LogP contribution in [0.4, 0.5) is 5.69 Å². The fourth-order valence-corrected chi connectivity index (χ4v) is 3.74. The fraction of sp³-hybridized carbons (Fsp3) is 0.368. The van der Waals surface area contributed by atoms with Gasteiger partial charge < -0.3 is 10.6 Å². The lowest BCUT2D eigenvalue weighted by atomic mass is 9.86. The van der Waals surface area contributed by atoms with E-state index in [1.54, 1.807) is 30.3 Å². The minimum absolute atomic E-state index is 0.0685. The number of carbonyl (C=O) groups excluding carboxylic acids is 2. The highest BCUT2D eigenvalue weighted by Gasteiger charge is 2.23. The smallest absolute Gasteiger partial charge is 0.265 e. The summed E-state index contributed by atoms with van der Waals surface area (Å²) in [4.78, 5) is 25.3. The van der Waals surface area contributed by atoms with E-state index in [2.05, 4.69) is 17.6 Å². The number of carbonyl (C=O) groups is 2. The van der Waals surface area contributed by atoms with Crippen LogP contribution >= 0.6 is 11.3 Å². The molecule has 0 aliphatic heterocycles. The number of hydrogen-bond acceptors (Lipinski definition) is 3. The van der Waals surface area contributed by atoms with E-state index in [1.165, 1.54) is 30.6 Å². The van der Waals surface area contributed by atoms with Crippen LogP contribution in [-0.4, -0.2) is 17.9 Å². The van der Waals surface area contributed by atoms with Crippen molar-refractivity contribution in [3.63, 3.8) is 0 Å². The topological polar surface area (TPSA) is 58.2 Å². The summed E-state index contributed by atoms with van der Waals surface area (Å²) in [5, 5.41) is 7.85. The standard InChI is InChI=1S/C19H22N2O2S/c1-13-6-2-3-9-16(13)21-18(22)14-7-4-8-15(12-14)20-19(23)17-10-5-11-24-17/h4-5,7-8,10-13,16H,2-3,6,9H2,1H3,(H,20,23)(H,21,22)/t13-,16+/m1/s1. The zero-order valence-electron chi connectivity index (χ0n) is 13.7. The third kappa shape index (κ3) is 4.03. The first kappa shape index (κ1) is 16.7. The predicted octanol–water partition coefficient (Wildman–Crippen LogP) is 4.31. The molecule has 1 fully saturated rings. The van der Waals surface area contributed by atoms with E-state index in [0.717, 1.165) is 6.42 Å². The number of thiophene rings is 1. The second-order valence-electron chi connectivity index (χ2n) is 6.35. The van der Waals surface area contributed by atoms with Crippen molar-refractivity contribution in [3.05, 3.63) is 52.2 Å². The molecule has 1 aliphatic rings. The van der Waals surface area contributed by atoms with Crippen LogP contribution in [0.3, 0.4) is 0 Å². The average molecular weight is 342 g/mol. The van der Waals surface area contributed by atoms with Crippen LogP contribution in [0, 0.1) is 5.92 Å². The number of hydrogen-bond donors (Lipinski definition) is 2. The predicted molar refractivity (Wildman–Crippen MR) is 97.6 cm³/mol. The van der Waals surface area contributed by atoms with Crippen molar-refractivity contribution >= 4 is 28.8 Å². The van der Waals surface area contributed by atoms with Gasteiger partial charge in [-0.1, -0.05) is 31.9 Å². The molecule has 0 spiro atoms. The largest absolute Gasteiger partial charge is 0.349 e. The van der Waals surface area contributed by atoms with Crippen LogP contribution in [0.2, 0.25) is 0 Å². The molecule has 0 saturated heterocycles. The number of nitrogens with one attached hydrogen (secondary N) is 2. The SMILES string of the molecule is C[C@@H]1CCCC[C@@H]1NC(=O)c1cccc(NC(=O)c2cccs2)c1. The van der Waals surface area contributed by atoms with Gasteiger partial charge in [-0.25, -0.2) is 0 Å². The molecule has 5 heteroatoms. The Morgan fingerprint density at radius 2 is 1.92 bits per heavy atom. The first-order valence-electron chi connectivity index (χ1n) is 8.39. The summed E-state index contributed by atoms with van der Waals surface area (Å²) in [7, 11) is 0. The van der Waals surface area contributed by atoms with Gasteiger partial charge in [-0.2, -0.15) is 0 Å². The zero-order valence-corrected chi connectivity index (χ0v) is 14.6. The Morgan fingerprint density at radius 1 is 1.08 bits per heavy atom. The van der Waals surface area contributed by atoms with Gasteiger partial charge in [0.2, 0.25) is 0 Å². The molecule has 1 aromatic carbocycles. The first-order valence-corrected chi connectivity index (χ1v) is 9.27. The highest BCUT2D eigenvalue weighted by molar-refractivity contribution is 7.12. The molecule has 1 heterocycles. The van der Waals surface area contributed by atoms with Crippen molar-refractivity contribution in [3.8, 4) is 0 Å². The van der Waals surface area contributed by atoms with Crippen molar-refractivity contribution in [1.29, 1.82) is 0 Å². The van der Waals surface area contributed by atoms with E-state index in [4.69, 9.17) is 0 Å². The number of benzene rings is 1. The molecular weight excluding hydrogens is 320 g/mol. The van der Waals surface area contributed by atoms with Crippen molar-refractivity contribution in [2.45, 2.75) is 38.6 Å². The van der Waals surface area contributed by atoms with Crippen molar-refractivity contribution in [2.75, 3.05) is 5.32 Å². The van der Waals surface area contributed by atoms with Gasteiger partial charge in [-0.15, -0.1) is 11.3 Å². The highest BCUT2D eigenvalue weighted by atomic mass is 32.1. The Bertz CT molecular complexity index is 712. The number of anilines is 1. The monoisotopic (exact) mass is 342 g/mol. The fourth-order valence-electron chi connectivity index (χ4n) is 3.12. The lowest BCUT2D eigenvalue weighted by Crippen LogP contribution is -2.41. The molecule has 0 radical (unpaired) electrons. The molecule has 1 saturated carbocycles. The molecule has 24 heavy (non-hydrogen) atoms. The van der Waals surface area contributed by atoms with Gasteiger partial charge in [0.1, 0.15) is 0 Å². The Hall–Kier alpha value is -2.14. The van der Waals surface area contributed by atoms with E-state index < -0.39 is 0 Å². The van der Waals surface area contributed by atoms with Gasteiger partial charge >= 0.3 is 0 Å². The van der Waals surface area contributed by atoms with E-state index in [9.17, 15) is 9.59 Å². The summed E-state index contributed by atoms with van der Waals surface area (Å²) in [6.45, 7) is 2.20. The highest BCUT2D eigenvalue weighted by Crippen LogP contribution is 2.24. The van der Waals surface area contributed by atoms with Gasteiger partial charge in [-0.3, -0.25) is 9.59 Å². The molecule has 2 aromatic rings. The summed E-state index contributed by atoms with van der Waals surface area (Å²) in [6.07, 6.45) is 4.63. The summed E-state index contributed by atoms with van der Waals surface area (Å²) in [6, 6.07) is 11.0. The maximum Gasteiger partial charge on any atom is 0.265 e. The second-order valence-corrected chi connectivity index (χ2v) is 7.30. The Morgan fingerprint density at radius 3 is 2.67 bits per heavy atom. The first-order chi connectivity index (χ1) is 11.6. The molecule has 4 nitrogen and oxygen atoms in total. The van der Waals surface area contributed by atoms with Crippen molar-refractivity contribution < 1.29 is 9.59 Å². The molecule has 2 atom stereocenters. The van der Waals surface area contributed by atoms with Crippen LogP contribution in [0.5, 0.6) is 0 Å². The molecule has 2 N–H and O–H groups in total. The minimum atomic E-state index is -0.150. The van der Waals surface area contributed by atoms with Crippen LogP contribution < -0.4 is 10.6 Å². The Labute approximate surface area is 146 Å². The minimum Gasteiger partial charge on any atom is -0.349 e. The van der Waals surface area contributed by atoms with Crippen LogP contribution in [0.15, 0.2) is 41.8 Å². The van der Waals surface area contributed by atoms with Gasteiger partial charge in [0.25, 0.3) is 11.8 Å². The summed E-state index contributed by atoms with van der Waals surface area (Å²) < 4.78 is 0. The van der Waals surface area contributed by atoms with Gasteiger partial charge in [-0.05, 0) is 48.4 Å². The van der Waals surface area contributed by atoms with Crippen LogP contribution in [0.1, 0.15) is 52.6 Å². The third-order valence-corrected chi connectivity index (χ3v) is 5.42. The maximum absolute atomic E-state index is 12.5. The van der Waals surface area contributed by atoms with Gasteiger partial charge in [0, 0.05) is 17.3 Å². The maximum atomic E-state index is 12.5. The van der Waals surface area contributed by atoms with Crippen LogP contribution in [0.25, 0.3) is 0 Å².